The fourth-order valence-electron chi connectivity index (χ4n) is 4.12. The third kappa shape index (κ3) is 5.11. The fraction of sp³-hybridized carbons (Fsp3) is 0.333. The van der Waals surface area contributed by atoms with Crippen molar-refractivity contribution >= 4 is 22.6 Å². The van der Waals surface area contributed by atoms with Crippen LogP contribution in [0.2, 0.25) is 0 Å². The molecule has 0 bridgehead atoms. The van der Waals surface area contributed by atoms with Gasteiger partial charge >= 0.3 is 6.03 Å². The minimum Gasteiger partial charge on any atom is -0.333 e. The lowest BCUT2D eigenvalue weighted by Crippen LogP contribution is -3.10. The van der Waals surface area contributed by atoms with Crippen molar-refractivity contribution in [2.24, 2.45) is 0 Å². The highest BCUT2D eigenvalue weighted by atomic mass is 19.1. The summed E-state index contributed by atoms with van der Waals surface area (Å²) in [5.41, 5.74) is 2.29. The second-order valence-electron chi connectivity index (χ2n) is 8.25. The number of hydrogen-bond acceptors (Lipinski definition) is 2. The third-order valence-corrected chi connectivity index (χ3v) is 5.89. The fourth-order valence-corrected chi connectivity index (χ4v) is 4.12. The highest BCUT2D eigenvalue weighted by Gasteiger charge is 2.21. The number of H-pyrrole nitrogens is 1. The first-order valence-corrected chi connectivity index (χ1v) is 10.8. The molecule has 6 nitrogen and oxygen atoms in total. The highest BCUT2D eigenvalue weighted by molar-refractivity contribution is 5.89. The summed E-state index contributed by atoms with van der Waals surface area (Å²) < 4.78 is 14.1. The Kier molecular flexibility index (Phi) is 6.32. The number of fused-ring (bicyclic) bond motifs is 1. The summed E-state index contributed by atoms with van der Waals surface area (Å²) in [6.45, 7) is 5.64. The van der Waals surface area contributed by atoms with Gasteiger partial charge < -0.3 is 20.1 Å². The van der Waals surface area contributed by atoms with Gasteiger partial charge in [0.25, 0.3) is 5.56 Å². The number of para-hydroxylation sites is 1. The number of benzene rings is 2. The van der Waals surface area contributed by atoms with E-state index in [0.717, 1.165) is 36.1 Å². The van der Waals surface area contributed by atoms with Crippen LogP contribution in [0.5, 0.6) is 0 Å². The van der Waals surface area contributed by atoms with Crippen molar-refractivity contribution in [2.75, 3.05) is 31.5 Å². The molecule has 0 atom stereocenters. The summed E-state index contributed by atoms with van der Waals surface area (Å²) in [4.78, 5) is 31.7. The summed E-state index contributed by atoms with van der Waals surface area (Å²) in [5, 5.41) is 3.59. The smallest absolute Gasteiger partial charge is 0.322 e. The van der Waals surface area contributed by atoms with Gasteiger partial charge in [0.05, 0.1) is 38.4 Å². The number of aromatic nitrogens is 1. The largest absolute Gasteiger partial charge is 0.333 e. The molecule has 4 rings (SSSR count). The van der Waals surface area contributed by atoms with Gasteiger partial charge in [0.1, 0.15) is 5.82 Å². The third-order valence-electron chi connectivity index (χ3n) is 5.89. The van der Waals surface area contributed by atoms with Gasteiger partial charge in [0.2, 0.25) is 0 Å². The second-order valence-corrected chi connectivity index (χ2v) is 8.25. The van der Waals surface area contributed by atoms with E-state index in [0.29, 0.717) is 12.1 Å². The molecule has 0 aliphatic carbocycles. The molecule has 0 saturated carbocycles. The molecule has 162 valence electrons. The number of quaternary nitrogens is 1. The summed E-state index contributed by atoms with van der Waals surface area (Å²) in [7, 11) is 0. The van der Waals surface area contributed by atoms with Crippen molar-refractivity contribution < 1.29 is 14.1 Å². The molecule has 3 aromatic rings. The van der Waals surface area contributed by atoms with Crippen LogP contribution < -0.4 is 15.8 Å². The van der Waals surface area contributed by atoms with Gasteiger partial charge in [0, 0.05) is 23.9 Å². The number of pyridine rings is 1. The number of aromatic amines is 1. The zero-order chi connectivity index (χ0) is 21.8. The molecule has 1 aliphatic rings. The number of rotatable bonds is 6. The number of aryl methyl sites for hydroxylation is 1. The monoisotopic (exact) mass is 423 g/mol. The van der Waals surface area contributed by atoms with Crippen molar-refractivity contribution in [3.05, 3.63) is 75.8 Å². The Balaban J connectivity index is 1.58. The van der Waals surface area contributed by atoms with E-state index in [1.165, 1.54) is 29.9 Å². The molecule has 0 unspecified atom stereocenters. The summed E-state index contributed by atoms with van der Waals surface area (Å²) in [5.74, 6) is -0.486. The van der Waals surface area contributed by atoms with Crippen LogP contribution in [0.15, 0.2) is 53.3 Å². The number of amides is 2. The molecule has 1 aliphatic heterocycles. The first-order chi connectivity index (χ1) is 15.0. The van der Waals surface area contributed by atoms with Crippen LogP contribution in [0.25, 0.3) is 10.9 Å². The Morgan fingerprint density at radius 2 is 1.94 bits per heavy atom. The molecular formula is C24H28FN4O2+. The summed E-state index contributed by atoms with van der Waals surface area (Å²) in [6.07, 6.45) is 2.39. The van der Waals surface area contributed by atoms with E-state index in [9.17, 15) is 14.0 Å². The van der Waals surface area contributed by atoms with E-state index in [4.69, 9.17) is 0 Å². The number of urea groups is 1. The van der Waals surface area contributed by atoms with E-state index < -0.39 is 11.8 Å². The van der Waals surface area contributed by atoms with Gasteiger partial charge in [-0.05, 0) is 42.6 Å². The number of nitrogens with zero attached hydrogens (tertiary/aromatic N) is 1. The molecule has 7 heteroatoms. The van der Waals surface area contributed by atoms with Crippen LogP contribution in [-0.2, 0) is 6.54 Å². The number of nitrogens with one attached hydrogen (secondary N) is 3. The number of halogens is 1. The van der Waals surface area contributed by atoms with Crippen LogP contribution >= 0.6 is 0 Å². The lowest BCUT2D eigenvalue weighted by Gasteiger charge is -2.24. The summed E-state index contributed by atoms with van der Waals surface area (Å²) >= 11 is 0. The first-order valence-electron chi connectivity index (χ1n) is 10.8. The van der Waals surface area contributed by atoms with Crippen LogP contribution in [-0.4, -0.2) is 42.1 Å². The Hall–Kier alpha value is -3.19. The van der Waals surface area contributed by atoms with Gasteiger partial charge in [-0.3, -0.25) is 4.79 Å². The van der Waals surface area contributed by atoms with Crippen LogP contribution in [0.3, 0.4) is 0 Å². The molecular weight excluding hydrogens is 395 g/mol. The zero-order valence-corrected chi connectivity index (χ0v) is 17.7. The van der Waals surface area contributed by atoms with E-state index in [1.54, 1.807) is 17.0 Å². The molecule has 0 spiro atoms. The summed E-state index contributed by atoms with van der Waals surface area (Å²) in [6, 6.07) is 13.4. The zero-order valence-electron chi connectivity index (χ0n) is 17.7. The molecule has 3 N–H and O–H groups in total. The second kappa shape index (κ2) is 9.31. The average molecular weight is 424 g/mol. The normalized spacial score (nSPS) is 14.1. The van der Waals surface area contributed by atoms with Crippen molar-refractivity contribution in [3.63, 3.8) is 0 Å². The molecule has 1 fully saturated rings. The van der Waals surface area contributed by atoms with E-state index in [2.05, 4.69) is 10.3 Å². The first kappa shape index (κ1) is 21.1. The maximum absolute atomic E-state index is 14.1. The number of likely N-dealkylation sites (tertiary alicyclic amines) is 1. The van der Waals surface area contributed by atoms with Crippen molar-refractivity contribution in [2.45, 2.75) is 26.3 Å². The predicted octanol–water partition coefficient (Wildman–Crippen LogP) is 2.69. The number of anilines is 1. The van der Waals surface area contributed by atoms with E-state index in [1.807, 2.05) is 31.2 Å². The number of carbonyl (C=O) groups is 1. The lowest BCUT2D eigenvalue weighted by molar-refractivity contribution is -0.886. The molecule has 2 heterocycles. The van der Waals surface area contributed by atoms with Crippen molar-refractivity contribution in [1.82, 2.24) is 9.88 Å². The van der Waals surface area contributed by atoms with Gasteiger partial charge in [0.15, 0.2) is 0 Å². The van der Waals surface area contributed by atoms with Gasteiger partial charge in [-0.15, -0.1) is 0 Å². The lowest BCUT2D eigenvalue weighted by atomic mass is 10.1. The predicted molar refractivity (Wildman–Crippen MR) is 120 cm³/mol. The maximum atomic E-state index is 14.1. The highest BCUT2D eigenvalue weighted by Crippen LogP contribution is 2.16. The van der Waals surface area contributed by atoms with E-state index >= 15 is 0 Å². The quantitative estimate of drug-likeness (QED) is 0.571. The van der Waals surface area contributed by atoms with Crippen LogP contribution in [0, 0.1) is 12.7 Å². The molecule has 31 heavy (non-hydrogen) atoms. The number of hydrogen-bond donors (Lipinski definition) is 3. The maximum Gasteiger partial charge on any atom is 0.322 e. The minimum absolute atomic E-state index is 0.133. The van der Waals surface area contributed by atoms with Gasteiger partial charge in [-0.25, -0.2) is 9.18 Å². The minimum atomic E-state index is -0.486. The van der Waals surface area contributed by atoms with Gasteiger partial charge in [-0.1, -0.05) is 23.8 Å². The van der Waals surface area contributed by atoms with Crippen molar-refractivity contribution in [1.29, 1.82) is 0 Å². The molecule has 2 aromatic carbocycles. The van der Waals surface area contributed by atoms with Crippen LogP contribution in [0.4, 0.5) is 14.9 Å². The Morgan fingerprint density at radius 1 is 1.16 bits per heavy atom. The van der Waals surface area contributed by atoms with Gasteiger partial charge in [-0.2, -0.15) is 0 Å². The molecule has 1 saturated heterocycles. The molecule has 0 radical (unpaired) electrons. The molecule has 2 amide bonds. The Bertz CT molecular complexity index is 1140. The number of carbonyl (C=O) groups excluding carboxylic acids is 1. The van der Waals surface area contributed by atoms with Crippen LogP contribution in [0.1, 0.15) is 24.0 Å². The van der Waals surface area contributed by atoms with Crippen molar-refractivity contribution in [3.8, 4) is 0 Å². The average Bonchev–Trinajstić information content (AvgIpc) is 3.27. The topological polar surface area (TPSA) is 69.6 Å². The van der Waals surface area contributed by atoms with E-state index in [-0.39, 0.29) is 17.8 Å². The molecule has 1 aromatic heterocycles. The standard InChI is InChI=1S/C24H27FN4O2/c1-17-8-9-21-18(14-17)15-19(23(30)26-21)16-29(13-12-28-10-4-5-11-28)24(31)27-22-7-3-2-6-20(22)25/h2-3,6-9,14-15H,4-5,10-13,16H2,1H3,(H,26,30)(H,27,31)/p+1. The SMILES string of the molecule is Cc1ccc2[nH]c(=O)c(CN(CC[NH+]3CCCC3)C(=O)Nc3ccccc3F)cc2c1. The Morgan fingerprint density at radius 3 is 2.71 bits per heavy atom. The Labute approximate surface area is 180 Å².